The van der Waals surface area contributed by atoms with E-state index < -0.39 is 5.97 Å². The third-order valence-electron chi connectivity index (χ3n) is 3.65. The Morgan fingerprint density at radius 1 is 1.20 bits per heavy atom. The van der Waals surface area contributed by atoms with Crippen molar-refractivity contribution in [3.63, 3.8) is 0 Å². The molecule has 0 aromatic heterocycles. The lowest BCUT2D eigenvalue weighted by molar-refractivity contribution is -0.135. The van der Waals surface area contributed by atoms with Crippen molar-refractivity contribution in [1.29, 1.82) is 0 Å². The zero-order valence-corrected chi connectivity index (χ0v) is 12.5. The second kappa shape index (κ2) is 6.41. The molecule has 0 saturated heterocycles. The normalized spacial score (nSPS) is 11.0. The number of anilines is 1. The molecule has 0 aliphatic heterocycles. The highest BCUT2D eigenvalue weighted by Crippen LogP contribution is 2.21. The van der Waals surface area contributed by atoms with E-state index >= 15 is 0 Å². The van der Waals surface area contributed by atoms with E-state index in [2.05, 4.69) is 0 Å². The van der Waals surface area contributed by atoms with Crippen molar-refractivity contribution in [2.24, 2.45) is 0 Å². The Bertz CT molecular complexity index is 471. The van der Waals surface area contributed by atoms with Gasteiger partial charge in [0.2, 0.25) is 0 Å². The molecule has 0 bridgehead atoms. The van der Waals surface area contributed by atoms with Gasteiger partial charge < -0.3 is 10.0 Å². The maximum Gasteiger partial charge on any atom is 0.325 e. The SMILES string of the molecule is CCC(C)(C)N(C)C(=O)N(CC(=O)O)c1ccccc1. The number of rotatable bonds is 5. The van der Waals surface area contributed by atoms with Gasteiger partial charge >= 0.3 is 12.0 Å². The number of aliphatic carboxylic acids is 1. The van der Waals surface area contributed by atoms with Gasteiger partial charge in [0.15, 0.2) is 0 Å². The van der Waals surface area contributed by atoms with Crippen LogP contribution in [0.15, 0.2) is 30.3 Å². The van der Waals surface area contributed by atoms with Crippen LogP contribution in [-0.2, 0) is 4.79 Å². The van der Waals surface area contributed by atoms with Gasteiger partial charge in [-0.25, -0.2) is 4.79 Å². The van der Waals surface area contributed by atoms with E-state index in [0.717, 1.165) is 6.42 Å². The lowest BCUT2D eigenvalue weighted by Crippen LogP contribution is -2.52. The summed E-state index contributed by atoms with van der Waals surface area (Å²) in [5, 5.41) is 9.02. The molecule has 1 aromatic rings. The highest BCUT2D eigenvalue weighted by molar-refractivity contribution is 5.96. The summed E-state index contributed by atoms with van der Waals surface area (Å²) in [4.78, 5) is 26.5. The van der Waals surface area contributed by atoms with Crippen molar-refractivity contribution in [3.05, 3.63) is 30.3 Å². The number of hydrogen-bond acceptors (Lipinski definition) is 2. The molecule has 2 amide bonds. The number of carboxylic acids is 1. The lowest BCUT2D eigenvalue weighted by Gasteiger charge is -2.38. The Balaban J connectivity index is 3.06. The Labute approximate surface area is 119 Å². The molecule has 0 radical (unpaired) electrons. The fourth-order valence-electron chi connectivity index (χ4n) is 1.69. The first-order valence-electron chi connectivity index (χ1n) is 6.61. The van der Waals surface area contributed by atoms with Crippen molar-refractivity contribution in [2.75, 3.05) is 18.5 Å². The lowest BCUT2D eigenvalue weighted by atomic mass is 10.0. The van der Waals surface area contributed by atoms with E-state index in [1.807, 2.05) is 26.8 Å². The molecule has 0 atom stereocenters. The van der Waals surface area contributed by atoms with Gasteiger partial charge in [0.05, 0.1) is 0 Å². The molecule has 5 heteroatoms. The van der Waals surface area contributed by atoms with Gasteiger partial charge in [0, 0.05) is 18.3 Å². The molecule has 0 saturated carbocycles. The van der Waals surface area contributed by atoms with Gasteiger partial charge in [-0.05, 0) is 32.4 Å². The number of nitrogens with zero attached hydrogens (tertiary/aromatic N) is 2. The van der Waals surface area contributed by atoms with Crippen LogP contribution < -0.4 is 4.90 Å². The molecule has 1 aromatic carbocycles. The van der Waals surface area contributed by atoms with E-state index in [1.54, 1.807) is 36.2 Å². The fourth-order valence-corrected chi connectivity index (χ4v) is 1.69. The minimum Gasteiger partial charge on any atom is -0.480 e. The summed E-state index contributed by atoms with van der Waals surface area (Å²) in [6.07, 6.45) is 0.783. The summed E-state index contributed by atoms with van der Waals surface area (Å²) >= 11 is 0. The van der Waals surface area contributed by atoms with Crippen LogP contribution in [-0.4, -0.2) is 41.1 Å². The number of benzene rings is 1. The monoisotopic (exact) mass is 278 g/mol. The van der Waals surface area contributed by atoms with Crippen LogP contribution in [0, 0.1) is 0 Å². The number of carbonyl (C=O) groups excluding carboxylic acids is 1. The van der Waals surface area contributed by atoms with Crippen LogP contribution in [0.1, 0.15) is 27.2 Å². The minimum atomic E-state index is -1.04. The number of hydrogen-bond donors (Lipinski definition) is 1. The Morgan fingerprint density at radius 2 is 1.75 bits per heavy atom. The summed E-state index contributed by atoms with van der Waals surface area (Å²) in [7, 11) is 1.70. The first kappa shape index (κ1) is 16.0. The van der Waals surface area contributed by atoms with Crippen molar-refractivity contribution in [2.45, 2.75) is 32.7 Å². The van der Waals surface area contributed by atoms with E-state index in [9.17, 15) is 9.59 Å². The zero-order valence-electron chi connectivity index (χ0n) is 12.5. The largest absolute Gasteiger partial charge is 0.480 e. The summed E-state index contributed by atoms with van der Waals surface area (Å²) in [6, 6.07) is 8.53. The summed E-state index contributed by atoms with van der Waals surface area (Å²) in [6.45, 7) is 5.55. The van der Waals surface area contributed by atoms with Crippen molar-refractivity contribution < 1.29 is 14.7 Å². The molecule has 5 nitrogen and oxygen atoms in total. The van der Waals surface area contributed by atoms with Crippen LogP contribution >= 0.6 is 0 Å². The van der Waals surface area contributed by atoms with Gasteiger partial charge in [-0.15, -0.1) is 0 Å². The van der Waals surface area contributed by atoms with E-state index in [1.165, 1.54) is 4.90 Å². The number of carbonyl (C=O) groups is 2. The van der Waals surface area contributed by atoms with Gasteiger partial charge in [0.1, 0.15) is 6.54 Å². The van der Waals surface area contributed by atoms with Crippen LogP contribution in [0.5, 0.6) is 0 Å². The highest BCUT2D eigenvalue weighted by Gasteiger charge is 2.30. The van der Waals surface area contributed by atoms with Gasteiger partial charge in [0.25, 0.3) is 0 Å². The quantitative estimate of drug-likeness (QED) is 0.901. The molecule has 0 fully saturated rings. The zero-order chi connectivity index (χ0) is 15.3. The average molecular weight is 278 g/mol. The van der Waals surface area contributed by atoms with Gasteiger partial charge in [-0.1, -0.05) is 25.1 Å². The van der Waals surface area contributed by atoms with E-state index in [0.29, 0.717) is 5.69 Å². The molecule has 0 unspecified atom stereocenters. The summed E-state index contributed by atoms with van der Waals surface area (Å²) in [5.74, 6) is -1.04. The van der Waals surface area contributed by atoms with E-state index in [-0.39, 0.29) is 18.1 Å². The summed E-state index contributed by atoms with van der Waals surface area (Å²) < 4.78 is 0. The predicted molar refractivity (Wildman–Crippen MR) is 79.0 cm³/mol. The maximum atomic E-state index is 12.6. The van der Waals surface area contributed by atoms with Crippen LogP contribution in [0.4, 0.5) is 10.5 Å². The molecular formula is C15H22N2O3. The standard InChI is InChI=1S/C15H22N2O3/c1-5-15(2,3)16(4)14(20)17(11-13(18)19)12-9-7-6-8-10-12/h6-10H,5,11H2,1-4H3,(H,18,19). The molecule has 20 heavy (non-hydrogen) atoms. The molecule has 0 heterocycles. The number of carboxylic acid groups (broad SMARTS) is 1. The van der Waals surface area contributed by atoms with Crippen molar-refractivity contribution >= 4 is 17.7 Å². The van der Waals surface area contributed by atoms with Gasteiger partial charge in [-0.3, -0.25) is 9.69 Å². The number of para-hydroxylation sites is 1. The number of urea groups is 1. The Morgan fingerprint density at radius 3 is 2.20 bits per heavy atom. The van der Waals surface area contributed by atoms with Crippen LogP contribution in [0.2, 0.25) is 0 Å². The average Bonchev–Trinajstić information content (AvgIpc) is 2.44. The Hall–Kier alpha value is -2.04. The van der Waals surface area contributed by atoms with Crippen LogP contribution in [0.25, 0.3) is 0 Å². The molecule has 1 rings (SSSR count). The first-order valence-corrected chi connectivity index (χ1v) is 6.61. The fraction of sp³-hybridized carbons (Fsp3) is 0.467. The third-order valence-corrected chi connectivity index (χ3v) is 3.65. The highest BCUT2D eigenvalue weighted by atomic mass is 16.4. The first-order chi connectivity index (χ1) is 9.29. The Kier molecular flexibility index (Phi) is 5.13. The second-order valence-electron chi connectivity index (χ2n) is 5.32. The smallest absolute Gasteiger partial charge is 0.325 e. The van der Waals surface area contributed by atoms with Crippen molar-refractivity contribution in [1.82, 2.24) is 4.90 Å². The molecule has 0 spiro atoms. The summed E-state index contributed by atoms with van der Waals surface area (Å²) in [5.41, 5.74) is 0.251. The molecule has 110 valence electrons. The van der Waals surface area contributed by atoms with Gasteiger partial charge in [-0.2, -0.15) is 0 Å². The molecule has 1 N–H and O–H groups in total. The molecule has 0 aliphatic carbocycles. The third kappa shape index (κ3) is 3.73. The van der Waals surface area contributed by atoms with Crippen molar-refractivity contribution in [3.8, 4) is 0 Å². The maximum absolute atomic E-state index is 12.6. The molecule has 0 aliphatic rings. The number of amides is 2. The second-order valence-corrected chi connectivity index (χ2v) is 5.32. The topological polar surface area (TPSA) is 60.9 Å². The van der Waals surface area contributed by atoms with Crippen LogP contribution in [0.3, 0.4) is 0 Å². The minimum absolute atomic E-state index is 0.314. The predicted octanol–water partition coefficient (Wildman–Crippen LogP) is 2.82. The molecular weight excluding hydrogens is 256 g/mol. The van der Waals surface area contributed by atoms with E-state index in [4.69, 9.17) is 5.11 Å².